The summed E-state index contributed by atoms with van der Waals surface area (Å²) in [5, 5.41) is 1.91. The lowest BCUT2D eigenvalue weighted by Gasteiger charge is -1.96. The van der Waals surface area contributed by atoms with E-state index >= 15 is 0 Å². The summed E-state index contributed by atoms with van der Waals surface area (Å²) >= 11 is 1.42. The maximum atomic E-state index is 11.3. The number of carbonyl (C=O) groups excluding carboxylic acids is 1. The Kier molecular flexibility index (Phi) is 5.12. The normalized spacial score (nSPS) is 10.8. The first kappa shape index (κ1) is 12.0. The van der Waals surface area contributed by atoms with Crippen LogP contribution in [-0.4, -0.2) is 13.1 Å². The van der Waals surface area contributed by atoms with Crippen molar-refractivity contribution >= 4 is 23.4 Å². The van der Waals surface area contributed by atoms with Gasteiger partial charge in [0.2, 0.25) is 0 Å². The molecule has 1 aromatic rings. The minimum absolute atomic E-state index is 0.250. The van der Waals surface area contributed by atoms with Gasteiger partial charge >= 0.3 is 5.97 Å². The summed E-state index contributed by atoms with van der Waals surface area (Å²) in [6.07, 6.45) is 7.55. The van der Waals surface area contributed by atoms with Crippen LogP contribution in [0.3, 0.4) is 0 Å². The van der Waals surface area contributed by atoms with Gasteiger partial charge in [-0.1, -0.05) is 31.9 Å². The Labute approximate surface area is 94.6 Å². The second-order valence-electron chi connectivity index (χ2n) is 3.24. The molecule has 82 valence electrons. The van der Waals surface area contributed by atoms with E-state index in [2.05, 4.69) is 13.0 Å². The van der Waals surface area contributed by atoms with E-state index in [0.29, 0.717) is 4.88 Å². The first-order valence-electron chi connectivity index (χ1n) is 5.12. The van der Waals surface area contributed by atoms with Crippen LogP contribution in [0.25, 0.3) is 6.08 Å². The van der Waals surface area contributed by atoms with Crippen molar-refractivity contribution in [3.05, 3.63) is 28.0 Å². The summed E-state index contributed by atoms with van der Waals surface area (Å²) in [4.78, 5) is 12.0. The molecular formula is C12H16O2S. The van der Waals surface area contributed by atoms with Crippen LogP contribution in [0, 0.1) is 0 Å². The van der Waals surface area contributed by atoms with Gasteiger partial charge in [0, 0.05) is 0 Å². The first-order valence-corrected chi connectivity index (χ1v) is 6.00. The number of ether oxygens (including phenoxy) is 1. The number of allylic oxidation sites excluding steroid dienone is 1. The van der Waals surface area contributed by atoms with Gasteiger partial charge in [0.15, 0.2) is 0 Å². The third-order valence-corrected chi connectivity index (χ3v) is 3.00. The molecule has 0 aromatic carbocycles. The van der Waals surface area contributed by atoms with Gasteiger partial charge in [-0.25, -0.2) is 4.79 Å². The molecule has 0 atom stereocenters. The first-order chi connectivity index (χ1) is 7.29. The van der Waals surface area contributed by atoms with Crippen LogP contribution in [0.2, 0.25) is 0 Å². The lowest BCUT2D eigenvalue weighted by atomic mass is 10.2. The molecule has 2 nitrogen and oxygen atoms in total. The highest BCUT2D eigenvalue weighted by molar-refractivity contribution is 7.12. The minimum atomic E-state index is -0.250. The highest BCUT2D eigenvalue weighted by atomic mass is 32.1. The monoisotopic (exact) mass is 224 g/mol. The number of methoxy groups -OCH3 is 1. The third-order valence-electron chi connectivity index (χ3n) is 2.09. The average Bonchev–Trinajstić information content (AvgIpc) is 2.71. The van der Waals surface area contributed by atoms with Crippen LogP contribution in [-0.2, 0) is 4.74 Å². The van der Waals surface area contributed by atoms with Crippen molar-refractivity contribution in [1.82, 2.24) is 0 Å². The molecule has 1 rings (SSSR count). The molecule has 0 radical (unpaired) electrons. The second-order valence-corrected chi connectivity index (χ2v) is 4.16. The predicted octanol–water partition coefficient (Wildman–Crippen LogP) is 3.74. The highest BCUT2D eigenvalue weighted by Gasteiger charge is 2.10. The smallest absolute Gasteiger partial charge is 0.348 e. The van der Waals surface area contributed by atoms with Crippen LogP contribution >= 0.6 is 11.3 Å². The standard InChI is InChI=1S/C12H16O2S/c1-3-4-5-6-7-10-8-9-15-11(10)12(13)14-2/h6-9H,3-5H2,1-2H3. The molecule has 0 unspecified atom stereocenters. The Hall–Kier alpha value is -1.09. The molecule has 3 heteroatoms. The van der Waals surface area contributed by atoms with E-state index in [1.54, 1.807) is 0 Å². The van der Waals surface area contributed by atoms with Gasteiger partial charge in [0.25, 0.3) is 0 Å². The molecule has 0 aliphatic heterocycles. The number of thiophene rings is 1. The van der Waals surface area contributed by atoms with E-state index in [1.807, 2.05) is 17.5 Å². The van der Waals surface area contributed by atoms with Crippen LogP contribution in [0.5, 0.6) is 0 Å². The fraction of sp³-hybridized carbons (Fsp3) is 0.417. The Bertz CT molecular complexity index is 339. The number of hydrogen-bond acceptors (Lipinski definition) is 3. The number of carbonyl (C=O) groups is 1. The number of hydrogen-bond donors (Lipinski definition) is 0. The summed E-state index contributed by atoms with van der Waals surface area (Å²) in [5.74, 6) is -0.250. The Morgan fingerprint density at radius 2 is 2.40 bits per heavy atom. The van der Waals surface area contributed by atoms with Gasteiger partial charge in [-0.2, -0.15) is 0 Å². The predicted molar refractivity (Wildman–Crippen MR) is 64.2 cm³/mol. The zero-order valence-electron chi connectivity index (χ0n) is 9.16. The molecule has 1 heterocycles. The molecule has 0 N–H and O–H groups in total. The van der Waals surface area contributed by atoms with Crippen LogP contribution in [0.15, 0.2) is 17.5 Å². The largest absolute Gasteiger partial charge is 0.465 e. The quantitative estimate of drug-likeness (QED) is 0.562. The van der Waals surface area contributed by atoms with E-state index in [0.717, 1.165) is 12.0 Å². The second kappa shape index (κ2) is 6.40. The van der Waals surface area contributed by atoms with Crippen molar-refractivity contribution < 1.29 is 9.53 Å². The summed E-state index contributed by atoms with van der Waals surface area (Å²) in [6, 6.07) is 1.94. The van der Waals surface area contributed by atoms with Crippen LogP contribution in [0.4, 0.5) is 0 Å². The summed E-state index contributed by atoms with van der Waals surface area (Å²) in [5.41, 5.74) is 0.961. The summed E-state index contributed by atoms with van der Waals surface area (Å²) in [7, 11) is 1.41. The zero-order chi connectivity index (χ0) is 11.1. The van der Waals surface area contributed by atoms with Gasteiger partial charge in [-0.15, -0.1) is 11.3 Å². The van der Waals surface area contributed by atoms with Crippen molar-refractivity contribution in [3.63, 3.8) is 0 Å². The molecule has 0 bridgehead atoms. The van der Waals surface area contributed by atoms with Gasteiger partial charge in [0.05, 0.1) is 7.11 Å². The Morgan fingerprint density at radius 1 is 1.60 bits per heavy atom. The zero-order valence-corrected chi connectivity index (χ0v) is 9.97. The Balaban J connectivity index is 2.65. The molecule has 0 aliphatic carbocycles. The molecule has 1 aromatic heterocycles. The fourth-order valence-corrected chi connectivity index (χ4v) is 2.04. The molecule has 0 saturated carbocycles. The maximum absolute atomic E-state index is 11.3. The molecule has 0 saturated heterocycles. The van der Waals surface area contributed by atoms with Crippen molar-refractivity contribution in [2.75, 3.05) is 7.11 Å². The van der Waals surface area contributed by atoms with E-state index in [-0.39, 0.29) is 5.97 Å². The van der Waals surface area contributed by atoms with Crippen molar-refractivity contribution in [1.29, 1.82) is 0 Å². The van der Waals surface area contributed by atoms with Crippen molar-refractivity contribution in [2.24, 2.45) is 0 Å². The maximum Gasteiger partial charge on any atom is 0.348 e. The lowest BCUT2D eigenvalue weighted by molar-refractivity contribution is 0.0606. The number of esters is 1. The third kappa shape index (κ3) is 3.51. The van der Waals surface area contributed by atoms with Crippen LogP contribution < -0.4 is 0 Å². The van der Waals surface area contributed by atoms with Gasteiger partial charge in [-0.05, 0) is 23.4 Å². The lowest BCUT2D eigenvalue weighted by Crippen LogP contribution is -1.99. The van der Waals surface area contributed by atoms with Gasteiger partial charge < -0.3 is 4.74 Å². The molecular weight excluding hydrogens is 208 g/mol. The number of rotatable bonds is 5. The van der Waals surface area contributed by atoms with Gasteiger partial charge in [-0.3, -0.25) is 0 Å². The van der Waals surface area contributed by atoms with Gasteiger partial charge in [0.1, 0.15) is 4.88 Å². The molecule has 15 heavy (non-hydrogen) atoms. The average molecular weight is 224 g/mol. The van der Waals surface area contributed by atoms with Crippen molar-refractivity contribution in [3.8, 4) is 0 Å². The molecule has 0 amide bonds. The number of unbranched alkanes of at least 4 members (excludes halogenated alkanes) is 2. The molecule has 0 fully saturated rings. The summed E-state index contributed by atoms with van der Waals surface area (Å²) in [6.45, 7) is 2.16. The fourth-order valence-electron chi connectivity index (χ4n) is 1.24. The van der Waals surface area contributed by atoms with Crippen molar-refractivity contribution in [2.45, 2.75) is 26.2 Å². The highest BCUT2D eigenvalue weighted by Crippen LogP contribution is 2.19. The molecule has 0 spiro atoms. The van der Waals surface area contributed by atoms with E-state index in [1.165, 1.54) is 31.3 Å². The minimum Gasteiger partial charge on any atom is -0.465 e. The van der Waals surface area contributed by atoms with E-state index in [9.17, 15) is 4.79 Å². The van der Waals surface area contributed by atoms with Crippen LogP contribution in [0.1, 0.15) is 41.4 Å². The SMILES string of the molecule is CCCCC=Cc1ccsc1C(=O)OC. The van der Waals surface area contributed by atoms with E-state index in [4.69, 9.17) is 4.74 Å². The molecule has 0 aliphatic rings. The topological polar surface area (TPSA) is 26.3 Å². The van der Waals surface area contributed by atoms with E-state index < -0.39 is 0 Å². The Morgan fingerprint density at radius 3 is 3.07 bits per heavy atom. The summed E-state index contributed by atoms with van der Waals surface area (Å²) < 4.78 is 4.70.